The lowest BCUT2D eigenvalue weighted by Crippen LogP contribution is -2.07. The standard InChI is InChI=1S/C13H15BrN2O3/c1-7(2)18-12-5-10(14)8(4-11(12)17-3)9-6-16-19-13(9)15/h4-7H,15H2,1-3H3. The maximum absolute atomic E-state index is 5.73. The molecule has 0 atom stereocenters. The molecule has 1 aromatic carbocycles. The fraction of sp³-hybridized carbons (Fsp3) is 0.308. The Kier molecular flexibility index (Phi) is 3.99. The molecular formula is C13H15BrN2O3. The Hall–Kier alpha value is -1.69. The second kappa shape index (κ2) is 5.52. The molecule has 0 aliphatic heterocycles. The van der Waals surface area contributed by atoms with E-state index in [-0.39, 0.29) is 12.0 Å². The lowest BCUT2D eigenvalue weighted by molar-refractivity contribution is 0.230. The van der Waals surface area contributed by atoms with Gasteiger partial charge in [-0.2, -0.15) is 0 Å². The fourth-order valence-electron chi connectivity index (χ4n) is 1.70. The molecule has 0 aliphatic rings. The number of nitrogen functional groups attached to an aromatic ring is 1. The summed E-state index contributed by atoms with van der Waals surface area (Å²) in [5, 5.41) is 3.67. The quantitative estimate of drug-likeness (QED) is 0.931. The highest BCUT2D eigenvalue weighted by atomic mass is 79.9. The summed E-state index contributed by atoms with van der Waals surface area (Å²) >= 11 is 3.50. The summed E-state index contributed by atoms with van der Waals surface area (Å²) in [5.74, 6) is 1.57. The van der Waals surface area contributed by atoms with E-state index in [1.54, 1.807) is 13.3 Å². The molecule has 0 aliphatic carbocycles. The zero-order valence-corrected chi connectivity index (χ0v) is 12.5. The summed E-state index contributed by atoms with van der Waals surface area (Å²) in [4.78, 5) is 0. The highest BCUT2D eigenvalue weighted by Gasteiger charge is 2.16. The third-order valence-corrected chi connectivity index (χ3v) is 3.16. The molecule has 2 N–H and O–H groups in total. The highest BCUT2D eigenvalue weighted by molar-refractivity contribution is 9.10. The van der Waals surface area contributed by atoms with E-state index in [1.165, 1.54) is 0 Å². The van der Waals surface area contributed by atoms with Gasteiger partial charge >= 0.3 is 0 Å². The Morgan fingerprint density at radius 1 is 1.26 bits per heavy atom. The Morgan fingerprint density at radius 3 is 2.53 bits per heavy atom. The number of anilines is 1. The number of nitrogens with zero attached hydrogens (tertiary/aromatic N) is 1. The van der Waals surface area contributed by atoms with E-state index < -0.39 is 0 Å². The monoisotopic (exact) mass is 326 g/mol. The van der Waals surface area contributed by atoms with Crippen LogP contribution < -0.4 is 15.2 Å². The van der Waals surface area contributed by atoms with Gasteiger partial charge in [0.1, 0.15) is 0 Å². The number of halogens is 1. The van der Waals surface area contributed by atoms with E-state index in [1.807, 2.05) is 26.0 Å². The second-order valence-electron chi connectivity index (χ2n) is 4.25. The molecule has 5 nitrogen and oxygen atoms in total. The van der Waals surface area contributed by atoms with Crippen molar-refractivity contribution in [1.82, 2.24) is 5.16 Å². The summed E-state index contributed by atoms with van der Waals surface area (Å²) < 4.78 is 16.7. The lowest BCUT2D eigenvalue weighted by Gasteiger charge is -2.15. The van der Waals surface area contributed by atoms with Crippen molar-refractivity contribution in [3.8, 4) is 22.6 Å². The number of nitrogens with two attached hydrogens (primary N) is 1. The van der Waals surface area contributed by atoms with Crippen molar-refractivity contribution >= 4 is 21.8 Å². The Bertz CT molecular complexity index is 581. The molecule has 0 fully saturated rings. The van der Waals surface area contributed by atoms with Gasteiger partial charge in [0.15, 0.2) is 11.5 Å². The topological polar surface area (TPSA) is 70.5 Å². The van der Waals surface area contributed by atoms with Crippen LogP contribution in [0.4, 0.5) is 5.88 Å². The first-order valence-corrected chi connectivity index (χ1v) is 6.57. The first-order chi connectivity index (χ1) is 9.02. The van der Waals surface area contributed by atoms with Crippen LogP contribution >= 0.6 is 15.9 Å². The lowest BCUT2D eigenvalue weighted by atomic mass is 10.1. The van der Waals surface area contributed by atoms with E-state index in [9.17, 15) is 0 Å². The van der Waals surface area contributed by atoms with Crippen molar-refractivity contribution in [2.75, 3.05) is 12.8 Å². The SMILES string of the molecule is COc1cc(-c2cnoc2N)c(Br)cc1OC(C)C. The number of hydrogen-bond donors (Lipinski definition) is 1. The molecule has 0 spiro atoms. The number of rotatable bonds is 4. The average Bonchev–Trinajstić information content (AvgIpc) is 2.75. The molecule has 1 heterocycles. The van der Waals surface area contributed by atoms with Crippen LogP contribution in [0, 0.1) is 0 Å². The van der Waals surface area contributed by atoms with Crippen LogP contribution in [-0.4, -0.2) is 18.4 Å². The minimum absolute atomic E-state index is 0.0623. The van der Waals surface area contributed by atoms with Crippen LogP contribution in [0.5, 0.6) is 11.5 Å². The molecule has 19 heavy (non-hydrogen) atoms. The van der Waals surface area contributed by atoms with Crippen molar-refractivity contribution in [3.63, 3.8) is 0 Å². The van der Waals surface area contributed by atoms with Gasteiger partial charge in [-0.3, -0.25) is 0 Å². The molecule has 0 bridgehead atoms. The minimum atomic E-state index is 0.0623. The van der Waals surface area contributed by atoms with E-state index in [0.717, 1.165) is 10.0 Å². The maximum atomic E-state index is 5.73. The molecule has 102 valence electrons. The Balaban J connectivity index is 2.50. The zero-order valence-electron chi connectivity index (χ0n) is 10.9. The molecule has 1 aromatic heterocycles. The molecule has 0 saturated carbocycles. The maximum Gasteiger partial charge on any atom is 0.229 e. The van der Waals surface area contributed by atoms with E-state index in [4.69, 9.17) is 19.7 Å². The molecule has 0 saturated heterocycles. The number of methoxy groups -OCH3 is 1. The van der Waals surface area contributed by atoms with Gasteiger partial charge in [0.25, 0.3) is 0 Å². The van der Waals surface area contributed by atoms with Gasteiger partial charge in [-0.15, -0.1) is 0 Å². The van der Waals surface area contributed by atoms with Gasteiger partial charge < -0.3 is 19.7 Å². The van der Waals surface area contributed by atoms with Crippen LogP contribution in [0.2, 0.25) is 0 Å². The van der Waals surface area contributed by atoms with Crippen molar-refractivity contribution in [2.24, 2.45) is 0 Å². The summed E-state index contributed by atoms with van der Waals surface area (Å²) in [6, 6.07) is 3.69. The summed E-state index contributed by atoms with van der Waals surface area (Å²) in [5.41, 5.74) is 7.28. The third kappa shape index (κ3) is 2.84. The average molecular weight is 327 g/mol. The van der Waals surface area contributed by atoms with E-state index in [2.05, 4.69) is 21.1 Å². The molecule has 0 amide bonds. The Morgan fingerprint density at radius 2 is 2.00 bits per heavy atom. The predicted molar refractivity (Wildman–Crippen MR) is 76.4 cm³/mol. The summed E-state index contributed by atoms with van der Waals surface area (Å²) in [6.45, 7) is 3.92. The van der Waals surface area contributed by atoms with E-state index >= 15 is 0 Å². The van der Waals surface area contributed by atoms with Crippen LogP contribution in [-0.2, 0) is 0 Å². The smallest absolute Gasteiger partial charge is 0.229 e. The molecule has 2 rings (SSSR count). The zero-order chi connectivity index (χ0) is 14.0. The van der Waals surface area contributed by atoms with Crippen molar-refractivity contribution < 1.29 is 14.0 Å². The predicted octanol–water partition coefficient (Wildman–Crippen LogP) is 3.48. The molecule has 0 radical (unpaired) electrons. The van der Waals surface area contributed by atoms with Crippen molar-refractivity contribution in [3.05, 3.63) is 22.8 Å². The first kappa shape index (κ1) is 13.7. The molecule has 0 unspecified atom stereocenters. The normalized spacial score (nSPS) is 10.8. The van der Waals surface area contributed by atoms with Crippen LogP contribution in [0.3, 0.4) is 0 Å². The number of hydrogen-bond acceptors (Lipinski definition) is 5. The number of ether oxygens (including phenoxy) is 2. The number of aromatic nitrogens is 1. The first-order valence-electron chi connectivity index (χ1n) is 5.77. The van der Waals surface area contributed by atoms with Crippen LogP contribution in [0.1, 0.15) is 13.8 Å². The molecule has 6 heteroatoms. The van der Waals surface area contributed by atoms with Gasteiger partial charge in [-0.25, -0.2) is 0 Å². The number of benzene rings is 1. The van der Waals surface area contributed by atoms with Crippen molar-refractivity contribution in [1.29, 1.82) is 0 Å². The van der Waals surface area contributed by atoms with Gasteiger partial charge in [0.05, 0.1) is 25.0 Å². The van der Waals surface area contributed by atoms with Crippen LogP contribution in [0.15, 0.2) is 27.3 Å². The highest BCUT2D eigenvalue weighted by Crippen LogP contribution is 2.40. The minimum Gasteiger partial charge on any atom is -0.493 e. The summed E-state index contributed by atoms with van der Waals surface area (Å²) in [7, 11) is 1.59. The molecule has 2 aromatic rings. The Labute approximate surface area is 119 Å². The van der Waals surface area contributed by atoms with Gasteiger partial charge in [-0.1, -0.05) is 21.1 Å². The van der Waals surface area contributed by atoms with Gasteiger partial charge in [0, 0.05) is 10.0 Å². The van der Waals surface area contributed by atoms with Gasteiger partial charge in [-0.05, 0) is 26.0 Å². The molecular weight excluding hydrogens is 312 g/mol. The largest absolute Gasteiger partial charge is 0.493 e. The fourth-order valence-corrected chi connectivity index (χ4v) is 2.23. The third-order valence-electron chi connectivity index (χ3n) is 2.50. The van der Waals surface area contributed by atoms with Crippen molar-refractivity contribution in [2.45, 2.75) is 20.0 Å². The van der Waals surface area contributed by atoms with E-state index in [0.29, 0.717) is 17.1 Å². The second-order valence-corrected chi connectivity index (χ2v) is 5.11. The summed E-state index contributed by atoms with van der Waals surface area (Å²) in [6.07, 6.45) is 1.63. The van der Waals surface area contributed by atoms with Gasteiger partial charge in [0.2, 0.25) is 5.88 Å². The van der Waals surface area contributed by atoms with Crippen LogP contribution in [0.25, 0.3) is 11.1 Å².